The Morgan fingerprint density at radius 3 is 2.15 bits per heavy atom. The van der Waals surface area contributed by atoms with E-state index >= 15 is 0 Å². The second-order valence-corrected chi connectivity index (χ2v) is 9.04. The molecule has 0 unspecified atom stereocenters. The van der Waals surface area contributed by atoms with Crippen molar-refractivity contribution in [3.8, 4) is 5.75 Å². The van der Waals surface area contributed by atoms with E-state index in [1.807, 2.05) is 0 Å². The van der Waals surface area contributed by atoms with E-state index in [1.165, 1.54) is 16.8 Å². The maximum atomic E-state index is 6.40. The van der Waals surface area contributed by atoms with Crippen molar-refractivity contribution >= 4 is 5.69 Å². The van der Waals surface area contributed by atoms with Crippen LogP contribution in [-0.4, -0.2) is 12.1 Å². The molecule has 0 aliphatic carbocycles. The van der Waals surface area contributed by atoms with Crippen LogP contribution in [0.2, 0.25) is 0 Å². The van der Waals surface area contributed by atoms with Crippen molar-refractivity contribution in [2.45, 2.75) is 73.5 Å². The summed E-state index contributed by atoms with van der Waals surface area (Å²) in [5.41, 5.74) is 3.89. The van der Waals surface area contributed by atoms with Crippen LogP contribution in [0.3, 0.4) is 0 Å². The molecule has 2 nitrogen and oxygen atoms in total. The SMILES string of the molecule is CCC(C)(C)CN(Cc1cc(C)ccc1OC(C)(C)CC)c1ccccc1. The normalized spacial score (nSPS) is 12.1. The lowest BCUT2D eigenvalue weighted by molar-refractivity contribution is 0.104. The highest BCUT2D eigenvalue weighted by Gasteiger charge is 2.23. The zero-order valence-corrected chi connectivity index (χ0v) is 18.3. The Morgan fingerprint density at radius 1 is 0.889 bits per heavy atom. The van der Waals surface area contributed by atoms with E-state index in [1.54, 1.807) is 0 Å². The topological polar surface area (TPSA) is 12.5 Å². The Bertz CT molecular complexity index is 718. The van der Waals surface area contributed by atoms with Gasteiger partial charge in [0.25, 0.3) is 0 Å². The molecule has 0 bridgehead atoms. The second-order valence-electron chi connectivity index (χ2n) is 9.04. The zero-order chi connectivity index (χ0) is 20.1. The zero-order valence-electron chi connectivity index (χ0n) is 18.3. The number of nitrogens with zero attached hydrogens (tertiary/aromatic N) is 1. The Balaban J connectivity index is 2.38. The molecule has 0 spiro atoms. The molecule has 27 heavy (non-hydrogen) atoms. The van der Waals surface area contributed by atoms with Gasteiger partial charge in [-0.3, -0.25) is 0 Å². The summed E-state index contributed by atoms with van der Waals surface area (Å²) in [4.78, 5) is 2.49. The van der Waals surface area contributed by atoms with Gasteiger partial charge in [-0.2, -0.15) is 0 Å². The Kier molecular flexibility index (Phi) is 6.97. The fourth-order valence-corrected chi connectivity index (χ4v) is 3.01. The van der Waals surface area contributed by atoms with E-state index in [0.717, 1.165) is 31.7 Å². The van der Waals surface area contributed by atoms with Crippen molar-refractivity contribution < 1.29 is 4.74 Å². The highest BCUT2D eigenvalue weighted by atomic mass is 16.5. The van der Waals surface area contributed by atoms with E-state index in [0.29, 0.717) is 0 Å². The maximum absolute atomic E-state index is 6.40. The van der Waals surface area contributed by atoms with Crippen LogP contribution in [0.1, 0.15) is 65.5 Å². The van der Waals surface area contributed by atoms with Gasteiger partial charge in [0.1, 0.15) is 11.4 Å². The van der Waals surface area contributed by atoms with Crippen molar-refractivity contribution in [2.75, 3.05) is 11.4 Å². The van der Waals surface area contributed by atoms with Crippen molar-refractivity contribution in [3.05, 3.63) is 59.7 Å². The second kappa shape index (κ2) is 8.82. The summed E-state index contributed by atoms with van der Waals surface area (Å²) in [5.74, 6) is 1.00. The van der Waals surface area contributed by atoms with Crippen LogP contribution in [0.5, 0.6) is 5.75 Å². The number of hydrogen-bond acceptors (Lipinski definition) is 2. The van der Waals surface area contributed by atoms with E-state index in [4.69, 9.17) is 4.74 Å². The third-order valence-corrected chi connectivity index (χ3v) is 5.51. The average Bonchev–Trinajstić information content (AvgIpc) is 2.64. The molecule has 2 rings (SSSR count). The van der Waals surface area contributed by atoms with Gasteiger partial charge in [0.05, 0.1) is 0 Å². The van der Waals surface area contributed by atoms with Crippen LogP contribution in [0, 0.1) is 12.3 Å². The highest BCUT2D eigenvalue weighted by molar-refractivity contribution is 5.49. The van der Waals surface area contributed by atoms with Gasteiger partial charge in [0, 0.05) is 24.3 Å². The van der Waals surface area contributed by atoms with Gasteiger partial charge in [-0.1, -0.05) is 63.6 Å². The minimum atomic E-state index is -0.162. The number of benzene rings is 2. The Hall–Kier alpha value is -1.96. The number of ether oxygens (including phenoxy) is 1. The molecule has 2 aromatic carbocycles. The Morgan fingerprint density at radius 2 is 1.56 bits per heavy atom. The van der Waals surface area contributed by atoms with Crippen molar-refractivity contribution in [1.82, 2.24) is 0 Å². The van der Waals surface area contributed by atoms with Crippen LogP contribution in [0.4, 0.5) is 5.69 Å². The van der Waals surface area contributed by atoms with Gasteiger partial charge in [0.15, 0.2) is 0 Å². The van der Waals surface area contributed by atoms with Gasteiger partial charge >= 0.3 is 0 Å². The number of hydrogen-bond donors (Lipinski definition) is 0. The summed E-state index contributed by atoms with van der Waals surface area (Å²) in [7, 11) is 0. The fourth-order valence-electron chi connectivity index (χ4n) is 3.01. The maximum Gasteiger partial charge on any atom is 0.125 e. The van der Waals surface area contributed by atoms with Crippen LogP contribution < -0.4 is 9.64 Å². The molecule has 2 aromatic rings. The Labute approximate surface area is 166 Å². The number of aryl methyl sites for hydroxylation is 1. The molecule has 0 amide bonds. The summed E-state index contributed by atoms with van der Waals surface area (Å²) in [6, 6.07) is 17.3. The van der Waals surface area contributed by atoms with Crippen LogP contribution in [-0.2, 0) is 6.54 Å². The number of rotatable bonds is 9. The monoisotopic (exact) mass is 367 g/mol. The first-order chi connectivity index (χ1) is 12.7. The van der Waals surface area contributed by atoms with Crippen LogP contribution in [0.15, 0.2) is 48.5 Å². The predicted octanol–water partition coefficient (Wildman–Crippen LogP) is 7.01. The van der Waals surface area contributed by atoms with E-state index in [2.05, 4.69) is 102 Å². The highest BCUT2D eigenvalue weighted by Crippen LogP contribution is 2.31. The average molecular weight is 368 g/mol. The molecule has 0 saturated carbocycles. The molecular weight excluding hydrogens is 330 g/mol. The molecule has 0 N–H and O–H groups in total. The first-order valence-electron chi connectivity index (χ1n) is 10.2. The van der Waals surface area contributed by atoms with Gasteiger partial charge in [-0.25, -0.2) is 0 Å². The van der Waals surface area contributed by atoms with Crippen molar-refractivity contribution in [1.29, 1.82) is 0 Å². The largest absolute Gasteiger partial charge is 0.488 e. The molecule has 0 atom stereocenters. The lowest BCUT2D eigenvalue weighted by Gasteiger charge is -2.35. The molecule has 2 heteroatoms. The van der Waals surface area contributed by atoms with Gasteiger partial charge in [0.2, 0.25) is 0 Å². The number of para-hydroxylation sites is 1. The van der Waals surface area contributed by atoms with E-state index in [9.17, 15) is 0 Å². The van der Waals surface area contributed by atoms with Gasteiger partial charge < -0.3 is 9.64 Å². The standard InChI is InChI=1S/C25H37NO/c1-8-24(4,5)19-26(22-13-11-10-12-14-22)18-21-17-20(3)15-16-23(21)27-25(6,7)9-2/h10-17H,8-9,18-19H2,1-7H3. The molecule has 0 aliphatic rings. The lowest BCUT2D eigenvalue weighted by Crippen LogP contribution is -2.34. The quantitative estimate of drug-likeness (QED) is 0.473. The third kappa shape index (κ3) is 6.30. The lowest BCUT2D eigenvalue weighted by atomic mass is 9.89. The van der Waals surface area contributed by atoms with Gasteiger partial charge in [-0.05, 0) is 57.2 Å². The molecule has 0 aliphatic heterocycles. The molecule has 0 fully saturated rings. The molecule has 0 heterocycles. The first kappa shape index (κ1) is 21.3. The minimum Gasteiger partial charge on any atom is -0.488 e. The van der Waals surface area contributed by atoms with E-state index < -0.39 is 0 Å². The summed E-state index contributed by atoms with van der Waals surface area (Å²) >= 11 is 0. The minimum absolute atomic E-state index is 0.162. The molecule has 0 radical (unpaired) electrons. The molecular formula is C25H37NO. The third-order valence-electron chi connectivity index (χ3n) is 5.51. The van der Waals surface area contributed by atoms with Crippen molar-refractivity contribution in [3.63, 3.8) is 0 Å². The van der Waals surface area contributed by atoms with Gasteiger partial charge in [-0.15, -0.1) is 0 Å². The predicted molar refractivity (Wildman–Crippen MR) is 118 cm³/mol. The smallest absolute Gasteiger partial charge is 0.125 e. The fraction of sp³-hybridized carbons (Fsp3) is 0.520. The first-order valence-corrected chi connectivity index (χ1v) is 10.2. The summed E-state index contributed by atoms with van der Waals surface area (Å²) in [5, 5.41) is 0. The summed E-state index contributed by atoms with van der Waals surface area (Å²) in [6.07, 6.45) is 2.13. The molecule has 0 saturated heterocycles. The summed E-state index contributed by atoms with van der Waals surface area (Å²) in [6.45, 7) is 17.5. The van der Waals surface area contributed by atoms with Crippen LogP contribution >= 0.6 is 0 Å². The summed E-state index contributed by atoms with van der Waals surface area (Å²) < 4.78 is 6.40. The van der Waals surface area contributed by atoms with Crippen LogP contribution in [0.25, 0.3) is 0 Å². The molecule has 0 aromatic heterocycles. The van der Waals surface area contributed by atoms with Crippen molar-refractivity contribution in [2.24, 2.45) is 5.41 Å². The number of anilines is 1. The molecule has 148 valence electrons. The van der Waals surface area contributed by atoms with E-state index in [-0.39, 0.29) is 11.0 Å².